The highest BCUT2D eigenvalue weighted by Gasteiger charge is 2.06. The number of benzene rings is 1. The van der Waals surface area contributed by atoms with Crippen molar-refractivity contribution in [2.45, 2.75) is 11.8 Å². The molecular formula is C11H12N2OS. The molecule has 1 aromatic heterocycles. The molecule has 0 bridgehead atoms. The van der Waals surface area contributed by atoms with Gasteiger partial charge in [-0.1, -0.05) is 24.2 Å². The van der Waals surface area contributed by atoms with Gasteiger partial charge in [0.15, 0.2) is 0 Å². The minimum Gasteiger partial charge on any atom is -0.367 e. The average Bonchev–Trinajstić information content (AvgIpc) is 2.66. The molecule has 0 saturated carbocycles. The summed E-state index contributed by atoms with van der Waals surface area (Å²) >= 11 is 1.82. The molecule has 3 nitrogen and oxygen atoms in total. The Kier molecular flexibility index (Phi) is 2.97. The molecule has 2 N–H and O–H groups in total. The van der Waals surface area contributed by atoms with Gasteiger partial charge in [0, 0.05) is 4.90 Å². The number of aromatic nitrogens is 1. The van der Waals surface area contributed by atoms with Crippen LogP contribution in [0.25, 0.3) is 11.1 Å². The lowest BCUT2D eigenvalue weighted by Gasteiger charge is -2.00. The van der Waals surface area contributed by atoms with E-state index in [4.69, 9.17) is 10.3 Å². The molecular weight excluding hydrogens is 208 g/mol. The zero-order valence-electron chi connectivity index (χ0n) is 8.43. The van der Waals surface area contributed by atoms with Crippen molar-refractivity contribution in [2.24, 2.45) is 0 Å². The third-order valence-electron chi connectivity index (χ3n) is 2.07. The number of nitrogen functional groups attached to an aromatic ring is 1. The van der Waals surface area contributed by atoms with Crippen molar-refractivity contribution in [1.29, 1.82) is 0 Å². The zero-order chi connectivity index (χ0) is 10.7. The van der Waals surface area contributed by atoms with Crippen molar-refractivity contribution >= 4 is 17.6 Å². The number of nitrogens with zero attached hydrogens (tertiary/aromatic N) is 1. The Bertz CT molecular complexity index is 436. The number of thioether (sulfide) groups is 1. The smallest absolute Gasteiger partial charge is 0.229 e. The second kappa shape index (κ2) is 4.40. The van der Waals surface area contributed by atoms with Crippen LogP contribution in [0.4, 0.5) is 5.88 Å². The van der Waals surface area contributed by atoms with Crippen LogP contribution in [-0.4, -0.2) is 10.9 Å². The van der Waals surface area contributed by atoms with Crippen LogP contribution in [0.5, 0.6) is 0 Å². The molecule has 0 aliphatic heterocycles. The molecule has 4 heteroatoms. The highest BCUT2D eigenvalue weighted by atomic mass is 32.2. The number of rotatable bonds is 3. The Hall–Kier alpha value is -1.42. The topological polar surface area (TPSA) is 52.0 Å². The third-order valence-corrected chi connectivity index (χ3v) is 2.97. The van der Waals surface area contributed by atoms with Crippen LogP contribution in [0, 0.1) is 0 Å². The van der Waals surface area contributed by atoms with E-state index >= 15 is 0 Å². The van der Waals surface area contributed by atoms with Gasteiger partial charge in [-0.05, 0) is 23.4 Å². The molecule has 0 saturated heterocycles. The first kappa shape index (κ1) is 10.1. The summed E-state index contributed by atoms with van der Waals surface area (Å²) in [5.74, 6) is 1.44. The third kappa shape index (κ3) is 2.15. The molecule has 0 amide bonds. The van der Waals surface area contributed by atoms with E-state index in [1.165, 1.54) is 4.90 Å². The van der Waals surface area contributed by atoms with E-state index in [0.717, 1.165) is 16.9 Å². The van der Waals surface area contributed by atoms with Crippen LogP contribution < -0.4 is 5.73 Å². The fraction of sp³-hybridized carbons (Fsp3) is 0.182. The van der Waals surface area contributed by atoms with Crippen LogP contribution in [0.2, 0.25) is 0 Å². The first-order chi connectivity index (χ1) is 7.31. The number of hydrogen-bond acceptors (Lipinski definition) is 4. The quantitative estimate of drug-likeness (QED) is 0.808. The molecule has 1 aromatic carbocycles. The van der Waals surface area contributed by atoms with Gasteiger partial charge in [-0.25, -0.2) is 0 Å². The molecule has 0 radical (unpaired) electrons. The summed E-state index contributed by atoms with van der Waals surface area (Å²) in [5.41, 5.74) is 7.52. The number of nitrogens with two attached hydrogens (primary N) is 1. The van der Waals surface area contributed by atoms with E-state index in [0.29, 0.717) is 5.88 Å². The predicted molar refractivity (Wildman–Crippen MR) is 62.7 cm³/mol. The molecule has 15 heavy (non-hydrogen) atoms. The monoisotopic (exact) mass is 220 g/mol. The zero-order valence-corrected chi connectivity index (χ0v) is 9.25. The van der Waals surface area contributed by atoms with Crippen molar-refractivity contribution in [3.8, 4) is 11.1 Å². The molecule has 2 aromatic rings. The van der Waals surface area contributed by atoms with Crippen molar-refractivity contribution in [1.82, 2.24) is 5.16 Å². The molecule has 2 rings (SSSR count). The van der Waals surface area contributed by atoms with Gasteiger partial charge in [0.25, 0.3) is 0 Å². The first-order valence-electron chi connectivity index (χ1n) is 4.74. The molecule has 78 valence electrons. The molecule has 0 aliphatic carbocycles. The fourth-order valence-corrected chi connectivity index (χ4v) is 2.02. The minimum atomic E-state index is 0.367. The molecule has 0 unspecified atom stereocenters. The number of hydrogen-bond donors (Lipinski definition) is 1. The van der Waals surface area contributed by atoms with Gasteiger partial charge in [-0.3, -0.25) is 0 Å². The second-order valence-corrected chi connectivity index (χ2v) is 4.40. The first-order valence-corrected chi connectivity index (χ1v) is 5.73. The van der Waals surface area contributed by atoms with Crippen LogP contribution in [0.3, 0.4) is 0 Å². The average molecular weight is 220 g/mol. The van der Waals surface area contributed by atoms with Crippen LogP contribution in [0.1, 0.15) is 6.92 Å². The van der Waals surface area contributed by atoms with E-state index in [1.807, 2.05) is 23.9 Å². The van der Waals surface area contributed by atoms with Crippen molar-refractivity contribution in [3.63, 3.8) is 0 Å². The molecule has 0 atom stereocenters. The van der Waals surface area contributed by atoms with E-state index in [2.05, 4.69) is 24.2 Å². The van der Waals surface area contributed by atoms with Crippen molar-refractivity contribution in [3.05, 3.63) is 30.5 Å². The standard InChI is InChI=1S/C11H12N2OS/c1-2-15-9-5-3-8(4-6-9)10-7-13-14-11(10)12/h3-7H,2,12H2,1H3. The highest BCUT2D eigenvalue weighted by Crippen LogP contribution is 2.27. The largest absolute Gasteiger partial charge is 0.367 e. The lowest BCUT2D eigenvalue weighted by Crippen LogP contribution is -1.84. The molecule has 0 aliphatic rings. The van der Waals surface area contributed by atoms with Crippen LogP contribution in [-0.2, 0) is 0 Å². The van der Waals surface area contributed by atoms with Gasteiger partial charge in [0.1, 0.15) is 0 Å². The lowest BCUT2D eigenvalue weighted by molar-refractivity contribution is 0.436. The van der Waals surface area contributed by atoms with E-state index in [-0.39, 0.29) is 0 Å². The van der Waals surface area contributed by atoms with Crippen molar-refractivity contribution in [2.75, 3.05) is 11.5 Å². The van der Waals surface area contributed by atoms with Gasteiger partial charge >= 0.3 is 0 Å². The lowest BCUT2D eigenvalue weighted by atomic mass is 10.1. The highest BCUT2D eigenvalue weighted by molar-refractivity contribution is 7.99. The Labute approximate surface area is 92.6 Å². The molecule has 0 fully saturated rings. The summed E-state index contributed by atoms with van der Waals surface area (Å²) in [6.07, 6.45) is 1.64. The Morgan fingerprint density at radius 1 is 1.33 bits per heavy atom. The summed E-state index contributed by atoms with van der Waals surface area (Å²) in [6.45, 7) is 2.14. The SMILES string of the molecule is CCSc1ccc(-c2cnoc2N)cc1. The van der Waals surface area contributed by atoms with Crippen LogP contribution in [0.15, 0.2) is 39.9 Å². The maximum absolute atomic E-state index is 5.63. The Morgan fingerprint density at radius 3 is 2.60 bits per heavy atom. The van der Waals surface area contributed by atoms with E-state index < -0.39 is 0 Å². The van der Waals surface area contributed by atoms with E-state index in [1.54, 1.807) is 6.20 Å². The van der Waals surface area contributed by atoms with Gasteiger partial charge in [0.05, 0.1) is 11.8 Å². The summed E-state index contributed by atoms with van der Waals surface area (Å²) in [5, 5.41) is 3.65. The Balaban J connectivity index is 2.28. The summed E-state index contributed by atoms with van der Waals surface area (Å²) in [7, 11) is 0. The maximum atomic E-state index is 5.63. The maximum Gasteiger partial charge on any atom is 0.229 e. The van der Waals surface area contributed by atoms with Gasteiger partial charge in [0.2, 0.25) is 5.88 Å². The summed E-state index contributed by atoms with van der Waals surface area (Å²) in [4.78, 5) is 1.26. The fourth-order valence-electron chi connectivity index (χ4n) is 1.36. The minimum absolute atomic E-state index is 0.367. The van der Waals surface area contributed by atoms with Crippen molar-refractivity contribution < 1.29 is 4.52 Å². The predicted octanol–water partition coefficient (Wildman–Crippen LogP) is 3.04. The molecule has 1 heterocycles. The number of anilines is 1. The Morgan fingerprint density at radius 2 is 2.07 bits per heavy atom. The van der Waals surface area contributed by atoms with Crippen LogP contribution >= 0.6 is 11.8 Å². The van der Waals surface area contributed by atoms with Gasteiger partial charge in [-0.15, -0.1) is 11.8 Å². The van der Waals surface area contributed by atoms with Gasteiger partial charge in [-0.2, -0.15) is 0 Å². The van der Waals surface area contributed by atoms with Gasteiger partial charge < -0.3 is 10.3 Å². The van der Waals surface area contributed by atoms with E-state index in [9.17, 15) is 0 Å². The molecule has 0 spiro atoms. The normalized spacial score (nSPS) is 10.5. The summed E-state index contributed by atoms with van der Waals surface area (Å²) in [6, 6.07) is 8.22. The summed E-state index contributed by atoms with van der Waals surface area (Å²) < 4.78 is 4.82. The second-order valence-electron chi connectivity index (χ2n) is 3.06.